The Morgan fingerprint density at radius 1 is 1.39 bits per heavy atom. The third kappa shape index (κ3) is 2.61. The fourth-order valence-corrected chi connectivity index (χ4v) is 2.71. The summed E-state index contributed by atoms with van der Waals surface area (Å²) in [5.41, 5.74) is 6.74. The Balaban J connectivity index is 2.10. The maximum Gasteiger partial charge on any atom is 0.253 e. The summed E-state index contributed by atoms with van der Waals surface area (Å²) < 4.78 is 0. The highest BCUT2D eigenvalue weighted by atomic mass is 35.5. The van der Waals surface area contributed by atoms with Gasteiger partial charge in [0.05, 0.1) is 5.56 Å². The van der Waals surface area contributed by atoms with Crippen LogP contribution in [0.15, 0.2) is 18.2 Å². The summed E-state index contributed by atoms with van der Waals surface area (Å²) in [4.78, 5) is 12.2. The molecular formula is C14H19ClN2O. The van der Waals surface area contributed by atoms with Crippen molar-refractivity contribution in [3.63, 3.8) is 0 Å². The first-order chi connectivity index (χ1) is 8.49. The van der Waals surface area contributed by atoms with E-state index in [-0.39, 0.29) is 11.9 Å². The molecule has 0 aliphatic heterocycles. The first-order valence-corrected chi connectivity index (χ1v) is 6.72. The molecule has 1 amide bonds. The molecule has 0 saturated heterocycles. The van der Waals surface area contributed by atoms with Crippen molar-refractivity contribution in [3.8, 4) is 0 Å². The number of amides is 1. The predicted molar refractivity (Wildman–Crippen MR) is 74.7 cm³/mol. The lowest BCUT2D eigenvalue weighted by Gasteiger charge is -2.20. The van der Waals surface area contributed by atoms with E-state index in [9.17, 15) is 4.79 Å². The molecule has 0 spiro atoms. The Morgan fingerprint density at radius 3 is 2.72 bits per heavy atom. The molecule has 4 heteroatoms. The van der Waals surface area contributed by atoms with Crippen molar-refractivity contribution in [1.29, 1.82) is 0 Å². The van der Waals surface area contributed by atoms with E-state index >= 15 is 0 Å². The molecule has 1 aliphatic carbocycles. The maximum atomic E-state index is 12.2. The Labute approximate surface area is 113 Å². The second-order valence-electron chi connectivity index (χ2n) is 5.23. The Morgan fingerprint density at radius 2 is 2.11 bits per heavy atom. The van der Waals surface area contributed by atoms with Crippen LogP contribution in [-0.4, -0.2) is 11.9 Å². The molecule has 0 aromatic heterocycles. The molecule has 98 valence electrons. The van der Waals surface area contributed by atoms with Gasteiger partial charge in [0.25, 0.3) is 5.91 Å². The van der Waals surface area contributed by atoms with E-state index in [0.29, 0.717) is 28.1 Å². The van der Waals surface area contributed by atoms with E-state index in [4.69, 9.17) is 17.3 Å². The number of hydrogen-bond acceptors (Lipinski definition) is 2. The molecule has 1 saturated carbocycles. The van der Waals surface area contributed by atoms with Gasteiger partial charge in [0.1, 0.15) is 0 Å². The van der Waals surface area contributed by atoms with Crippen LogP contribution in [0, 0.1) is 11.8 Å². The van der Waals surface area contributed by atoms with E-state index in [1.165, 1.54) is 0 Å². The molecule has 0 heterocycles. The highest BCUT2D eigenvalue weighted by Crippen LogP contribution is 2.31. The monoisotopic (exact) mass is 266 g/mol. The number of carbonyl (C=O) groups excluding carboxylic acids is 1. The van der Waals surface area contributed by atoms with Crippen LogP contribution in [0.5, 0.6) is 0 Å². The van der Waals surface area contributed by atoms with Crippen LogP contribution in [0.2, 0.25) is 5.02 Å². The summed E-state index contributed by atoms with van der Waals surface area (Å²) in [7, 11) is 0. The van der Waals surface area contributed by atoms with Crippen LogP contribution in [0.25, 0.3) is 0 Å². The number of halogens is 1. The minimum atomic E-state index is -0.124. The van der Waals surface area contributed by atoms with E-state index in [0.717, 1.165) is 12.8 Å². The fourth-order valence-electron chi connectivity index (χ4n) is 2.54. The summed E-state index contributed by atoms with van der Waals surface area (Å²) in [6.45, 7) is 4.41. The molecule has 1 aromatic rings. The third-order valence-corrected chi connectivity index (χ3v) is 4.28. The summed E-state index contributed by atoms with van der Waals surface area (Å²) >= 11 is 5.89. The molecule has 2 rings (SSSR count). The van der Waals surface area contributed by atoms with E-state index in [2.05, 4.69) is 19.2 Å². The maximum absolute atomic E-state index is 12.2. The van der Waals surface area contributed by atoms with Gasteiger partial charge in [0.2, 0.25) is 0 Å². The molecule has 3 atom stereocenters. The zero-order valence-corrected chi connectivity index (χ0v) is 11.5. The standard InChI is InChI=1S/C14H19ClN2O/c1-8-3-6-13(9(8)2)17-14(18)11-7-10(15)4-5-12(11)16/h4-5,7-9,13H,3,6,16H2,1-2H3,(H,17,18). The average Bonchev–Trinajstić information content (AvgIpc) is 2.64. The van der Waals surface area contributed by atoms with Gasteiger partial charge in [-0.25, -0.2) is 0 Å². The number of nitrogens with two attached hydrogens (primary N) is 1. The van der Waals surface area contributed by atoms with Gasteiger partial charge in [-0.3, -0.25) is 4.79 Å². The summed E-state index contributed by atoms with van der Waals surface area (Å²) in [6, 6.07) is 5.21. The number of nitrogen functional groups attached to an aromatic ring is 1. The van der Waals surface area contributed by atoms with Crippen molar-refractivity contribution in [3.05, 3.63) is 28.8 Å². The summed E-state index contributed by atoms with van der Waals surface area (Å²) in [5.74, 6) is 1.04. The number of carbonyl (C=O) groups is 1. The topological polar surface area (TPSA) is 55.1 Å². The third-order valence-electron chi connectivity index (χ3n) is 4.04. The van der Waals surface area contributed by atoms with Crippen molar-refractivity contribution >= 4 is 23.2 Å². The lowest BCUT2D eigenvalue weighted by Crippen LogP contribution is -2.37. The molecule has 0 radical (unpaired) electrons. The highest BCUT2D eigenvalue weighted by Gasteiger charge is 2.31. The Bertz CT molecular complexity index is 461. The van der Waals surface area contributed by atoms with Crippen LogP contribution in [0.4, 0.5) is 5.69 Å². The smallest absolute Gasteiger partial charge is 0.253 e. The SMILES string of the molecule is CC1CCC(NC(=O)c2cc(Cl)ccc2N)C1C. The van der Waals surface area contributed by atoms with Crippen LogP contribution >= 0.6 is 11.6 Å². The van der Waals surface area contributed by atoms with Gasteiger partial charge in [0, 0.05) is 16.8 Å². The molecule has 1 aliphatic rings. The molecule has 3 N–H and O–H groups in total. The number of anilines is 1. The minimum Gasteiger partial charge on any atom is -0.398 e. The van der Waals surface area contributed by atoms with Crippen LogP contribution in [-0.2, 0) is 0 Å². The minimum absolute atomic E-state index is 0.124. The van der Waals surface area contributed by atoms with Crippen molar-refractivity contribution in [2.75, 3.05) is 5.73 Å². The van der Waals surface area contributed by atoms with E-state index in [1.807, 2.05) is 0 Å². The van der Waals surface area contributed by atoms with Crippen molar-refractivity contribution in [2.24, 2.45) is 11.8 Å². The van der Waals surface area contributed by atoms with Gasteiger partial charge in [-0.2, -0.15) is 0 Å². The summed E-state index contributed by atoms with van der Waals surface area (Å²) in [5, 5.41) is 3.60. The number of nitrogens with one attached hydrogen (secondary N) is 1. The second kappa shape index (κ2) is 5.19. The summed E-state index contributed by atoms with van der Waals surface area (Å²) in [6.07, 6.45) is 2.20. The van der Waals surface area contributed by atoms with Crippen molar-refractivity contribution in [1.82, 2.24) is 5.32 Å². The zero-order valence-electron chi connectivity index (χ0n) is 10.7. The number of benzene rings is 1. The first kappa shape index (κ1) is 13.2. The lowest BCUT2D eigenvalue weighted by atomic mass is 9.97. The van der Waals surface area contributed by atoms with Gasteiger partial charge < -0.3 is 11.1 Å². The van der Waals surface area contributed by atoms with E-state index < -0.39 is 0 Å². The Kier molecular flexibility index (Phi) is 3.81. The van der Waals surface area contributed by atoms with Gasteiger partial charge >= 0.3 is 0 Å². The van der Waals surface area contributed by atoms with Crippen molar-refractivity contribution < 1.29 is 4.79 Å². The lowest BCUT2D eigenvalue weighted by molar-refractivity contribution is 0.0928. The van der Waals surface area contributed by atoms with Gasteiger partial charge in [-0.05, 0) is 42.9 Å². The zero-order chi connectivity index (χ0) is 13.3. The van der Waals surface area contributed by atoms with Crippen LogP contribution < -0.4 is 11.1 Å². The van der Waals surface area contributed by atoms with Gasteiger partial charge in [0.15, 0.2) is 0 Å². The van der Waals surface area contributed by atoms with Crippen LogP contribution in [0.1, 0.15) is 37.0 Å². The molecule has 1 fully saturated rings. The normalized spacial score (nSPS) is 27.2. The number of rotatable bonds is 2. The van der Waals surface area contributed by atoms with E-state index in [1.54, 1.807) is 18.2 Å². The molecular weight excluding hydrogens is 248 g/mol. The molecule has 1 aromatic carbocycles. The van der Waals surface area contributed by atoms with Gasteiger partial charge in [-0.1, -0.05) is 25.4 Å². The molecule has 3 nitrogen and oxygen atoms in total. The van der Waals surface area contributed by atoms with Gasteiger partial charge in [-0.15, -0.1) is 0 Å². The quantitative estimate of drug-likeness (QED) is 0.809. The predicted octanol–water partition coefficient (Wildman–Crippen LogP) is 3.09. The molecule has 0 bridgehead atoms. The fraction of sp³-hybridized carbons (Fsp3) is 0.500. The first-order valence-electron chi connectivity index (χ1n) is 6.35. The van der Waals surface area contributed by atoms with Crippen molar-refractivity contribution in [2.45, 2.75) is 32.7 Å². The Hall–Kier alpha value is -1.22. The van der Waals surface area contributed by atoms with Crippen LogP contribution in [0.3, 0.4) is 0 Å². The number of hydrogen-bond donors (Lipinski definition) is 2. The highest BCUT2D eigenvalue weighted by molar-refractivity contribution is 6.31. The average molecular weight is 267 g/mol. The molecule has 3 unspecified atom stereocenters. The second-order valence-corrected chi connectivity index (χ2v) is 5.66. The largest absolute Gasteiger partial charge is 0.398 e. The molecule has 18 heavy (non-hydrogen) atoms.